The van der Waals surface area contributed by atoms with Gasteiger partial charge < -0.3 is 10.4 Å². The molecule has 0 saturated carbocycles. The van der Waals surface area contributed by atoms with Crippen molar-refractivity contribution in [2.75, 3.05) is 0 Å². The number of nitro groups is 1. The van der Waals surface area contributed by atoms with Crippen LogP contribution >= 0.6 is 11.6 Å². The van der Waals surface area contributed by atoms with E-state index in [0.717, 1.165) is 10.9 Å². The molecule has 7 nitrogen and oxygen atoms in total. The van der Waals surface area contributed by atoms with Gasteiger partial charge in [-0.05, 0) is 0 Å². The minimum atomic E-state index is -0.535. The lowest BCUT2D eigenvalue weighted by molar-refractivity contribution is -0.613. The van der Waals surface area contributed by atoms with E-state index >= 15 is 0 Å². The Hall–Kier alpha value is -2.41. The van der Waals surface area contributed by atoms with Gasteiger partial charge in [0.05, 0.1) is 22.1 Å². The van der Waals surface area contributed by atoms with Gasteiger partial charge in [-0.1, -0.05) is 11.6 Å². The Morgan fingerprint density at radius 1 is 1.05 bits per heavy atom. The van der Waals surface area contributed by atoms with Crippen LogP contribution in [0.2, 0.25) is 5.02 Å². The van der Waals surface area contributed by atoms with Crippen LogP contribution in [0.4, 0.5) is 5.69 Å². The maximum atomic E-state index is 10.7. The van der Waals surface area contributed by atoms with Crippen LogP contribution in [0.25, 0.3) is 0 Å². The third kappa shape index (κ3) is 4.36. The second-order valence-electron chi connectivity index (χ2n) is 3.92. The molecular weight excluding hydrogens is 286 g/mol. The SMILES string of the molecule is Cc1cc(Cl)cc[n+]1[O-].Cc1cc([N+](=O)[O-])cc[n+]1[O-]. The van der Waals surface area contributed by atoms with Crippen molar-refractivity contribution in [2.45, 2.75) is 13.8 Å². The average Bonchev–Trinajstić information content (AvgIpc) is 2.38. The summed E-state index contributed by atoms with van der Waals surface area (Å²) in [5.74, 6) is 0. The number of aromatic nitrogens is 2. The predicted octanol–water partition coefficient (Wildman–Crippen LogP) is 1.82. The first-order valence-corrected chi connectivity index (χ1v) is 5.88. The summed E-state index contributed by atoms with van der Waals surface area (Å²) in [5.41, 5.74) is 0.872. The van der Waals surface area contributed by atoms with Gasteiger partial charge in [0.1, 0.15) is 0 Å². The van der Waals surface area contributed by atoms with E-state index in [2.05, 4.69) is 0 Å². The molecule has 0 N–H and O–H groups in total. The van der Waals surface area contributed by atoms with Gasteiger partial charge in [0.25, 0.3) is 5.69 Å². The van der Waals surface area contributed by atoms with Gasteiger partial charge in [0.2, 0.25) is 0 Å². The molecule has 2 aromatic rings. The van der Waals surface area contributed by atoms with E-state index in [1.54, 1.807) is 19.1 Å². The smallest absolute Gasteiger partial charge is 0.281 e. The van der Waals surface area contributed by atoms with Crippen molar-refractivity contribution in [3.63, 3.8) is 0 Å². The fraction of sp³-hybridized carbons (Fsp3) is 0.167. The van der Waals surface area contributed by atoms with Crippen molar-refractivity contribution in [1.82, 2.24) is 0 Å². The molecule has 0 atom stereocenters. The van der Waals surface area contributed by atoms with E-state index < -0.39 is 4.92 Å². The van der Waals surface area contributed by atoms with Crippen LogP contribution in [0.15, 0.2) is 36.7 Å². The number of hydrogen-bond donors (Lipinski definition) is 0. The van der Waals surface area contributed by atoms with Crippen LogP contribution < -0.4 is 9.46 Å². The normalized spacial score (nSPS) is 9.55. The van der Waals surface area contributed by atoms with Crippen LogP contribution in [-0.4, -0.2) is 4.92 Å². The number of hydrogen-bond acceptors (Lipinski definition) is 4. The molecule has 0 aliphatic heterocycles. The molecule has 0 aliphatic carbocycles. The molecule has 0 unspecified atom stereocenters. The minimum Gasteiger partial charge on any atom is -0.619 e. The highest BCUT2D eigenvalue weighted by molar-refractivity contribution is 6.30. The third-order valence-electron chi connectivity index (χ3n) is 2.36. The van der Waals surface area contributed by atoms with Crippen molar-refractivity contribution in [3.8, 4) is 0 Å². The summed E-state index contributed by atoms with van der Waals surface area (Å²) in [4.78, 5) is 9.62. The summed E-state index contributed by atoms with van der Waals surface area (Å²) >= 11 is 5.56. The highest BCUT2D eigenvalue weighted by Crippen LogP contribution is 2.08. The first kappa shape index (κ1) is 15.6. The fourth-order valence-electron chi connectivity index (χ4n) is 1.27. The summed E-state index contributed by atoms with van der Waals surface area (Å²) in [6.45, 7) is 3.22. The average molecular weight is 298 g/mol. The van der Waals surface area contributed by atoms with Gasteiger partial charge in [0, 0.05) is 26.0 Å². The van der Waals surface area contributed by atoms with Crippen LogP contribution in [0.5, 0.6) is 0 Å². The Balaban J connectivity index is 0.000000204. The van der Waals surface area contributed by atoms with E-state index in [1.807, 2.05) is 0 Å². The first-order chi connectivity index (χ1) is 9.31. The number of nitrogens with zero attached hydrogens (tertiary/aromatic N) is 3. The molecule has 0 spiro atoms. The monoisotopic (exact) mass is 297 g/mol. The third-order valence-corrected chi connectivity index (χ3v) is 2.59. The summed E-state index contributed by atoms with van der Waals surface area (Å²) in [6.07, 6.45) is 2.51. The number of halogens is 1. The lowest BCUT2D eigenvalue weighted by Crippen LogP contribution is -2.28. The molecule has 2 aromatic heterocycles. The number of rotatable bonds is 1. The molecule has 0 radical (unpaired) electrons. The zero-order valence-corrected chi connectivity index (χ0v) is 11.6. The van der Waals surface area contributed by atoms with Gasteiger partial charge in [-0.25, -0.2) is 0 Å². The number of aryl methyl sites for hydroxylation is 2. The van der Waals surface area contributed by atoms with Gasteiger partial charge in [-0.15, -0.1) is 0 Å². The van der Waals surface area contributed by atoms with Crippen molar-refractivity contribution in [1.29, 1.82) is 0 Å². The minimum absolute atomic E-state index is 0.0606. The van der Waals surface area contributed by atoms with E-state index in [-0.39, 0.29) is 5.69 Å². The topological polar surface area (TPSA) is 97.0 Å². The molecule has 106 valence electrons. The van der Waals surface area contributed by atoms with E-state index in [0.29, 0.717) is 21.1 Å². The van der Waals surface area contributed by atoms with Gasteiger partial charge >= 0.3 is 0 Å². The second kappa shape index (κ2) is 6.67. The Bertz CT molecular complexity index is 634. The maximum Gasteiger partial charge on any atom is 0.281 e. The fourth-order valence-corrected chi connectivity index (χ4v) is 1.48. The van der Waals surface area contributed by atoms with Crippen molar-refractivity contribution < 1.29 is 14.4 Å². The zero-order valence-electron chi connectivity index (χ0n) is 10.8. The van der Waals surface area contributed by atoms with Crippen LogP contribution in [0.1, 0.15) is 11.4 Å². The van der Waals surface area contributed by atoms with E-state index in [4.69, 9.17) is 11.6 Å². The summed E-state index contributed by atoms with van der Waals surface area (Å²) in [7, 11) is 0. The highest BCUT2D eigenvalue weighted by Gasteiger charge is 2.09. The van der Waals surface area contributed by atoms with Crippen molar-refractivity contribution in [2.24, 2.45) is 0 Å². The predicted molar refractivity (Wildman–Crippen MR) is 71.9 cm³/mol. The first-order valence-electron chi connectivity index (χ1n) is 5.51. The maximum absolute atomic E-state index is 10.7. The van der Waals surface area contributed by atoms with Gasteiger partial charge in [-0.3, -0.25) is 10.1 Å². The van der Waals surface area contributed by atoms with Crippen LogP contribution in [-0.2, 0) is 0 Å². The summed E-state index contributed by atoms with van der Waals surface area (Å²) in [5, 5.41) is 32.1. The molecular formula is C12H12ClN3O4. The number of pyridine rings is 2. The van der Waals surface area contributed by atoms with Crippen molar-refractivity contribution in [3.05, 3.63) is 73.6 Å². The van der Waals surface area contributed by atoms with E-state index in [9.17, 15) is 20.5 Å². The highest BCUT2D eigenvalue weighted by atomic mass is 35.5. The molecule has 0 amide bonds. The molecule has 0 aliphatic rings. The Morgan fingerprint density at radius 3 is 1.95 bits per heavy atom. The molecule has 0 saturated heterocycles. The Morgan fingerprint density at radius 2 is 1.55 bits per heavy atom. The molecule has 2 rings (SSSR count). The summed E-state index contributed by atoms with van der Waals surface area (Å²) < 4.78 is 1.35. The summed E-state index contributed by atoms with van der Waals surface area (Å²) in [6, 6.07) is 5.57. The molecule has 0 aromatic carbocycles. The van der Waals surface area contributed by atoms with Crippen molar-refractivity contribution >= 4 is 17.3 Å². The zero-order chi connectivity index (χ0) is 15.3. The van der Waals surface area contributed by atoms with Crippen LogP contribution in [0.3, 0.4) is 0 Å². The lowest BCUT2D eigenvalue weighted by atomic mass is 10.3. The van der Waals surface area contributed by atoms with Gasteiger partial charge in [-0.2, -0.15) is 9.46 Å². The van der Waals surface area contributed by atoms with E-state index in [1.165, 1.54) is 25.3 Å². The largest absolute Gasteiger partial charge is 0.619 e. The lowest BCUT2D eigenvalue weighted by Gasteiger charge is -1.97. The Labute approximate surface area is 120 Å². The molecule has 0 bridgehead atoms. The second-order valence-corrected chi connectivity index (χ2v) is 4.36. The quantitative estimate of drug-likeness (QED) is 0.347. The standard InChI is InChI=1S/C6H6ClNO.C6H6N2O3/c1-5-4-6(7)2-3-8(5)9;1-5-4-6(8(10)11)2-3-7(5)9/h2-4H,1H3;2-4H,1H3. The Kier molecular flexibility index (Phi) is 5.22. The van der Waals surface area contributed by atoms with Gasteiger partial charge in [0.15, 0.2) is 23.8 Å². The van der Waals surface area contributed by atoms with Crippen LogP contribution in [0, 0.1) is 34.4 Å². The molecule has 8 heteroatoms. The molecule has 2 heterocycles. The molecule has 0 fully saturated rings. The molecule has 20 heavy (non-hydrogen) atoms.